The zero-order chi connectivity index (χ0) is 18.1. The van der Waals surface area contributed by atoms with Crippen LogP contribution in [-0.2, 0) is 13.6 Å². The number of ether oxygens (including phenoxy) is 2. The average molecular weight is 344 g/mol. The summed E-state index contributed by atoms with van der Waals surface area (Å²) in [6.07, 6.45) is 4.06. The fourth-order valence-electron chi connectivity index (χ4n) is 2.38. The van der Waals surface area contributed by atoms with E-state index in [9.17, 15) is 0 Å². The molecule has 1 aromatic carbocycles. The number of benzene rings is 1. The van der Waals surface area contributed by atoms with Gasteiger partial charge < -0.3 is 24.7 Å². The van der Waals surface area contributed by atoms with Crippen LogP contribution >= 0.6 is 0 Å². The number of hydrogen-bond acceptors (Lipinski definition) is 3. The average Bonchev–Trinajstić information content (AvgIpc) is 3.03. The SMILES string of the molecule is CCNC(=NCc1ccn(C)c1)NCC(C)Oc1ccccc1OC. The molecule has 0 bridgehead atoms. The Morgan fingerprint density at radius 2 is 1.96 bits per heavy atom. The Morgan fingerprint density at radius 3 is 2.60 bits per heavy atom. The molecular weight excluding hydrogens is 316 g/mol. The summed E-state index contributed by atoms with van der Waals surface area (Å²) >= 11 is 0. The summed E-state index contributed by atoms with van der Waals surface area (Å²) in [5.74, 6) is 2.26. The molecular formula is C19H28N4O2. The predicted octanol–water partition coefficient (Wildman–Crippen LogP) is 2.56. The number of aliphatic imine (C=N–C) groups is 1. The Balaban J connectivity index is 1.88. The van der Waals surface area contributed by atoms with Crippen molar-refractivity contribution in [3.8, 4) is 11.5 Å². The van der Waals surface area contributed by atoms with Crippen LogP contribution in [0.3, 0.4) is 0 Å². The molecule has 6 nitrogen and oxygen atoms in total. The maximum Gasteiger partial charge on any atom is 0.191 e. The van der Waals surface area contributed by atoms with Gasteiger partial charge in [0.25, 0.3) is 0 Å². The molecule has 0 saturated carbocycles. The van der Waals surface area contributed by atoms with Gasteiger partial charge in [0, 0.05) is 26.0 Å². The van der Waals surface area contributed by atoms with Crippen LogP contribution in [0.4, 0.5) is 0 Å². The van der Waals surface area contributed by atoms with Gasteiger partial charge in [-0.25, -0.2) is 4.99 Å². The van der Waals surface area contributed by atoms with Crippen molar-refractivity contribution in [2.24, 2.45) is 12.0 Å². The normalized spacial score (nSPS) is 12.6. The lowest BCUT2D eigenvalue weighted by Gasteiger charge is -2.19. The van der Waals surface area contributed by atoms with Crippen molar-refractivity contribution < 1.29 is 9.47 Å². The van der Waals surface area contributed by atoms with Crippen molar-refractivity contribution in [3.63, 3.8) is 0 Å². The van der Waals surface area contributed by atoms with E-state index in [-0.39, 0.29) is 6.10 Å². The standard InChI is InChI=1S/C19H28N4O2/c1-5-20-19(22-13-16-10-11-23(3)14-16)21-12-15(2)25-18-9-7-6-8-17(18)24-4/h6-11,14-15H,5,12-13H2,1-4H3,(H2,20,21,22). The number of hydrogen-bond donors (Lipinski definition) is 2. The van der Waals surface area contributed by atoms with E-state index in [4.69, 9.17) is 9.47 Å². The second-order valence-corrected chi connectivity index (χ2v) is 5.84. The molecule has 0 aliphatic rings. The number of rotatable bonds is 8. The zero-order valence-corrected chi connectivity index (χ0v) is 15.5. The Labute approximate surface area is 149 Å². The van der Waals surface area contributed by atoms with Crippen LogP contribution in [0.5, 0.6) is 11.5 Å². The van der Waals surface area contributed by atoms with Gasteiger partial charge in [0.05, 0.1) is 20.2 Å². The molecule has 1 heterocycles. The van der Waals surface area contributed by atoms with Gasteiger partial charge in [0.15, 0.2) is 17.5 Å². The third-order valence-electron chi connectivity index (χ3n) is 3.61. The largest absolute Gasteiger partial charge is 0.493 e. The van der Waals surface area contributed by atoms with E-state index < -0.39 is 0 Å². The van der Waals surface area contributed by atoms with Crippen molar-refractivity contribution in [2.75, 3.05) is 20.2 Å². The first-order chi connectivity index (χ1) is 12.1. The molecule has 0 saturated heterocycles. The smallest absolute Gasteiger partial charge is 0.191 e. The van der Waals surface area contributed by atoms with E-state index in [0.717, 1.165) is 24.0 Å². The van der Waals surface area contributed by atoms with E-state index in [1.165, 1.54) is 5.56 Å². The fourth-order valence-corrected chi connectivity index (χ4v) is 2.38. The number of aromatic nitrogens is 1. The summed E-state index contributed by atoms with van der Waals surface area (Å²) in [7, 11) is 3.65. The minimum absolute atomic E-state index is 0.0307. The maximum absolute atomic E-state index is 5.96. The lowest BCUT2D eigenvalue weighted by Crippen LogP contribution is -2.41. The van der Waals surface area contributed by atoms with Crippen LogP contribution in [0.1, 0.15) is 19.4 Å². The number of aryl methyl sites for hydroxylation is 1. The summed E-state index contributed by atoms with van der Waals surface area (Å²) in [5, 5.41) is 6.57. The number of nitrogens with zero attached hydrogens (tertiary/aromatic N) is 2. The summed E-state index contributed by atoms with van der Waals surface area (Å²) < 4.78 is 13.3. The van der Waals surface area contributed by atoms with Crippen LogP contribution in [0.2, 0.25) is 0 Å². The van der Waals surface area contributed by atoms with Crippen molar-refractivity contribution in [1.82, 2.24) is 15.2 Å². The molecule has 0 radical (unpaired) electrons. The van der Waals surface area contributed by atoms with Crippen LogP contribution in [-0.4, -0.2) is 36.8 Å². The minimum Gasteiger partial charge on any atom is -0.493 e. The number of nitrogens with one attached hydrogen (secondary N) is 2. The van der Waals surface area contributed by atoms with E-state index in [1.807, 2.05) is 49.0 Å². The highest BCUT2D eigenvalue weighted by Crippen LogP contribution is 2.26. The summed E-state index contributed by atoms with van der Waals surface area (Å²) in [4.78, 5) is 4.61. The monoisotopic (exact) mass is 344 g/mol. The Hall–Kier alpha value is -2.63. The minimum atomic E-state index is -0.0307. The predicted molar refractivity (Wildman–Crippen MR) is 101 cm³/mol. The van der Waals surface area contributed by atoms with E-state index in [0.29, 0.717) is 13.1 Å². The molecule has 2 aromatic rings. The molecule has 0 amide bonds. The van der Waals surface area contributed by atoms with Crippen molar-refractivity contribution >= 4 is 5.96 Å². The first-order valence-corrected chi connectivity index (χ1v) is 8.55. The first-order valence-electron chi connectivity index (χ1n) is 8.55. The van der Waals surface area contributed by atoms with E-state index >= 15 is 0 Å². The molecule has 0 fully saturated rings. The van der Waals surface area contributed by atoms with Gasteiger partial charge in [-0.15, -0.1) is 0 Å². The lowest BCUT2D eigenvalue weighted by molar-refractivity contribution is 0.213. The van der Waals surface area contributed by atoms with Crippen LogP contribution in [0, 0.1) is 0 Å². The number of methoxy groups -OCH3 is 1. The van der Waals surface area contributed by atoms with Gasteiger partial charge in [0.1, 0.15) is 6.10 Å². The fraction of sp³-hybridized carbons (Fsp3) is 0.421. The van der Waals surface area contributed by atoms with Gasteiger partial charge in [-0.1, -0.05) is 12.1 Å². The summed E-state index contributed by atoms with van der Waals surface area (Å²) in [6, 6.07) is 9.73. The molecule has 1 atom stereocenters. The Bertz CT molecular complexity index is 682. The number of para-hydroxylation sites is 2. The molecule has 0 aliphatic carbocycles. The van der Waals surface area contributed by atoms with E-state index in [1.54, 1.807) is 7.11 Å². The molecule has 6 heteroatoms. The second kappa shape index (κ2) is 9.61. The van der Waals surface area contributed by atoms with E-state index in [2.05, 4.69) is 34.8 Å². The summed E-state index contributed by atoms with van der Waals surface area (Å²) in [5.41, 5.74) is 1.18. The van der Waals surface area contributed by atoms with Crippen LogP contribution in [0.15, 0.2) is 47.7 Å². The molecule has 1 unspecified atom stereocenters. The highest BCUT2D eigenvalue weighted by Gasteiger charge is 2.09. The first kappa shape index (κ1) is 18.7. The van der Waals surface area contributed by atoms with Crippen LogP contribution < -0.4 is 20.1 Å². The maximum atomic E-state index is 5.96. The van der Waals surface area contributed by atoms with Crippen molar-refractivity contribution in [1.29, 1.82) is 0 Å². The Kier molecular flexibility index (Phi) is 7.19. The highest BCUT2D eigenvalue weighted by atomic mass is 16.5. The topological polar surface area (TPSA) is 59.8 Å². The van der Waals surface area contributed by atoms with Gasteiger partial charge >= 0.3 is 0 Å². The lowest BCUT2D eigenvalue weighted by atomic mass is 10.3. The third-order valence-corrected chi connectivity index (χ3v) is 3.61. The van der Waals surface area contributed by atoms with Gasteiger partial charge in [0.2, 0.25) is 0 Å². The van der Waals surface area contributed by atoms with Gasteiger partial charge in [-0.05, 0) is 37.6 Å². The quantitative estimate of drug-likeness (QED) is 0.571. The molecule has 0 spiro atoms. The third kappa shape index (κ3) is 6.06. The highest BCUT2D eigenvalue weighted by molar-refractivity contribution is 5.79. The Morgan fingerprint density at radius 1 is 1.20 bits per heavy atom. The second-order valence-electron chi connectivity index (χ2n) is 5.84. The molecule has 136 valence electrons. The van der Waals surface area contributed by atoms with Gasteiger partial charge in [-0.3, -0.25) is 0 Å². The number of guanidine groups is 1. The molecule has 2 rings (SSSR count). The molecule has 25 heavy (non-hydrogen) atoms. The summed E-state index contributed by atoms with van der Waals surface area (Å²) in [6.45, 7) is 6.15. The molecule has 2 N–H and O–H groups in total. The molecule has 0 aliphatic heterocycles. The van der Waals surface area contributed by atoms with Crippen LogP contribution in [0.25, 0.3) is 0 Å². The van der Waals surface area contributed by atoms with Gasteiger partial charge in [-0.2, -0.15) is 0 Å². The molecule has 1 aromatic heterocycles. The van der Waals surface area contributed by atoms with Crippen molar-refractivity contribution in [2.45, 2.75) is 26.5 Å². The zero-order valence-electron chi connectivity index (χ0n) is 15.5. The van der Waals surface area contributed by atoms with Crippen molar-refractivity contribution in [3.05, 3.63) is 48.3 Å².